The van der Waals surface area contributed by atoms with Gasteiger partial charge in [0.1, 0.15) is 134 Å². The van der Waals surface area contributed by atoms with Crippen LogP contribution in [0.25, 0.3) is 0 Å². The highest BCUT2D eigenvalue weighted by Crippen LogP contribution is 2.43. The van der Waals surface area contributed by atoms with Crippen molar-refractivity contribution in [2.24, 2.45) is 5.92 Å². The zero-order chi connectivity index (χ0) is 96.5. The Bertz CT molecular complexity index is 3510. The highest BCUT2D eigenvalue weighted by molar-refractivity contribution is 8.00. The van der Waals surface area contributed by atoms with E-state index in [4.69, 9.17) is 75.8 Å². The van der Waals surface area contributed by atoms with Crippen LogP contribution < -0.4 is 0 Å². The first-order valence-electron chi connectivity index (χ1n) is 42.4. The third-order valence-corrected chi connectivity index (χ3v) is 31.0. The molecule has 0 amide bonds. The van der Waals surface area contributed by atoms with E-state index in [0.717, 1.165) is 94.1 Å². The number of carboxylic acids is 8. The molecule has 48 nitrogen and oxygen atoms in total. The fourth-order valence-corrected chi connectivity index (χ4v) is 23.5. The molecule has 27 aliphatic heterocycles. The number of ether oxygens (including phenoxy) is 16. The van der Waals surface area contributed by atoms with Crippen molar-refractivity contribution in [2.75, 3.05) is 98.7 Å². The molecule has 0 spiro atoms. The van der Waals surface area contributed by atoms with Crippen LogP contribution in [0.15, 0.2) is 0 Å². The summed E-state index contributed by atoms with van der Waals surface area (Å²) in [6.07, 6.45) is -79.3. The minimum atomic E-state index is -2.33. The van der Waals surface area contributed by atoms with Gasteiger partial charge < -0.3 is 198 Å². The Morgan fingerprint density at radius 1 is 0.197 bits per heavy atom. The fourth-order valence-electron chi connectivity index (χ4n) is 15.5. The van der Waals surface area contributed by atoms with Gasteiger partial charge >= 0.3 is 47.8 Å². The van der Waals surface area contributed by atoms with Crippen molar-refractivity contribution in [3.8, 4) is 0 Å². The molecule has 0 saturated carbocycles. The lowest BCUT2D eigenvalue weighted by molar-refractivity contribution is -0.391. The van der Waals surface area contributed by atoms with Crippen LogP contribution >= 0.6 is 94.1 Å². The Morgan fingerprint density at radius 3 is 0.545 bits per heavy atom. The summed E-state index contributed by atoms with van der Waals surface area (Å²) in [6, 6.07) is 0. The lowest BCUT2D eigenvalue weighted by Crippen LogP contribution is -2.68. The molecular formula is C76H120O48S8. The Morgan fingerprint density at radius 2 is 0.356 bits per heavy atom. The SMILES string of the molecule is O=C(O)CCSCC1OC2OC3C(CSCCC(=O)O)OC(OC4C(CSCCC(=O)O)OC(OC5C(CSCCC(=O)O)OC(OC6C(CSCCC(=O)O)OC(OC7C(CSCCC(=O)O)OC(OC8C(CSCCC(=O)O)OC(OC9C(CSCCC(=O)O)OC(OCCCCC1C(O)C2O)C(O)C9O)C(O)C8O)C(O)C7O)C(O)C6O)C(O)C5O)C(O)C4O)C(O)C3O. The Kier molecular flexibility index (Phi) is 47.6. The van der Waals surface area contributed by atoms with Gasteiger partial charge in [-0.15, -0.1) is 0 Å². The standard InChI is InChI=1S/C76H120O48S8/c77-38(78)4-13-125-21-30-29-3-1-2-12-109-69-55(102)47(94)62(31(111-69)22-126-14-5-39(79)80)119-71-57(104)49(96)64(33(113-71)24-128-16-7-41(83)84)121-73-59(106)51(98)66(35(115-73)26-130-18-9-43(87)88)123-75-61(108)53(100)68(37(117-75)28-132-20-11-45(91)92)124-76-60(107)52(99)67(36(116-76)27-131-19-10-44(89)90)122-74-58(105)50(97)65(34(114-74)25-129-17-8-42(85)86)120-72-56(103)48(95)63(118-70(110-30)54(101)46(29)93)32(112-72)23-127-15-6-40(81)82/h29-37,46-76,93-108H,1-28H2,(H,77,78)(H,79,80)(H,81,82)(H,83,84)(H,85,86)(H,87,88)(H,89,90)(H,91,92). The van der Waals surface area contributed by atoms with Crippen LogP contribution in [0.3, 0.4) is 0 Å². The summed E-state index contributed by atoms with van der Waals surface area (Å²) in [4.78, 5) is 94.2. The summed E-state index contributed by atoms with van der Waals surface area (Å²) in [6.45, 7) is -0.278. The summed E-state index contributed by atoms with van der Waals surface area (Å²) >= 11 is 7.48. The second kappa shape index (κ2) is 55.6. The molecular weight excluding hydrogens is 1940 g/mol. The molecule has 27 rings (SSSR count). The maximum absolute atomic E-state index is 12.3. The topological polar surface area (TPSA) is 770 Å². The molecule has 27 fully saturated rings. The number of carboxylic acid groups (broad SMARTS) is 8. The van der Waals surface area contributed by atoms with Crippen molar-refractivity contribution in [3.63, 3.8) is 0 Å². The van der Waals surface area contributed by atoms with E-state index in [0.29, 0.717) is 0 Å². The van der Waals surface area contributed by atoms with Crippen LogP contribution in [0.2, 0.25) is 0 Å². The molecule has 24 N–H and O–H groups in total. The molecule has 27 aliphatic rings. The molecule has 0 radical (unpaired) electrons. The highest BCUT2D eigenvalue weighted by atomic mass is 32.2. The smallest absolute Gasteiger partial charge is 0.304 e. The van der Waals surface area contributed by atoms with Gasteiger partial charge in [0.15, 0.2) is 50.3 Å². The summed E-state index contributed by atoms with van der Waals surface area (Å²) in [5, 5.41) is 271. The number of hydrogen-bond donors (Lipinski definition) is 24. The fraction of sp³-hybridized carbons (Fsp3) is 0.895. The monoisotopic (exact) mass is 2060 g/mol. The van der Waals surface area contributed by atoms with Crippen LogP contribution in [-0.4, -0.2) is 509 Å². The van der Waals surface area contributed by atoms with Gasteiger partial charge in [-0.05, 0) is 12.8 Å². The second-order valence-electron chi connectivity index (χ2n) is 32.2. The third-order valence-electron chi connectivity index (χ3n) is 22.5. The number of aliphatic hydroxyl groups is 16. The van der Waals surface area contributed by atoms with E-state index in [2.05, 4.69) is 0 Å². The number of hydrogen-bond acceptors (Lipinski definition) is 48. The molecule has 0 aromatic heterocycles. The van der Waals surface area contributed by atoms with Crippen molar-refractivity contribution in [1.29, 1.82) is 0 Å². The van der Waals surface area contributed by atoms with E-state index in [1.807, 2.05) is 0 Å². The quantitative estimate of drug-likeness (QED) is 0.0254. The molecule has 0 aromatic carbocycles. The van der Waals surface area contributed by atoms with E-state index in [1.165, 1.54) is 0 Å². The maximum Gasteiger partial charge on any atom is 0.304 e. The second-order valence-corrected chi connectivity index (χ2v) is 41.4. The average Bonchev–Trinajstić information content (AvgIpc) is 0.771. The van der Waals surface area contributed by atoms with Gasteiger partial charge in [-0.1, -0.05) is 6.42 Å². The molecule has 760 valence electrons. The van der Waals surface area contributed by atoms with E-state index < -0.39 is 332 Å². The van der Waals surface area contributed by atoms with Gasteiger partial charge in [0.25, 0.3) is 0 Å². The minimum Gasteiger partial charge on any atom is -0.481 e. The third kappa shape index (κ3) is 32.7. The van der Waals surface area contributed by atoms with Crippen LogP contribution in [0.4, 0.5) is 0 Å². The molecule has 132 heavy (non-hydrogen) atoms. The van der Waals surface area contributed by atoms with Gasteiger partial charge in [-0.25, -0.2) is 0 Å². The van der Waals surface area contributed by atoms with Crippen LogP contribution in [-0.2, 0) is 114 Å². The predicted octanol–water partition coefficient (Wildman–Crippen LogP) is -6.26. The predicted molar refractivity (Wildman–Crippen MR) is 459 cm³/mol. The first kappa shape index (κ1) is 113. The largest absolute Gasteiger partial charge is 0.481 e. The number of carbonyl (C=O) groups is 8. The first-order valence-corrected chi connectivity index (χ1v) is 51.7. The lowest BCUT2D eigenvalue weighted by Gasteiger charge is -2.50. The van der Waals surface area contributed by atoms with E-state index in [1.54, 1.807) is 0 Å². The van der Waals surface area contributed by atoms with E-state index in [-0.39, 0.29) is 131 Å². The molecule has 0 aromatic rings. The van der Waals surface area contributed by atoms with Crippen molar-refractivity contribution < 1.29 is 237 Å². The van der Waals surface area contributed by atoms with Crippen LogP contribution in [0, 0.1) is 5.92 Å². The van der Waals surface area contributed by atoms with Gasteiger partial charge in [-0.2, -0.15) is 94.1 Å². The van der Waals surface area contributed by atoms with Crippen molar-refractivity contribution in [2.45, 2.75) is 310 Å². The summed E-state index contributed by atoms with van der Waals surface area (Å²) in [5.41, 5.74) is 0. The lowest BCUT2D eigenvalue weighted by atomic mass is 9.85. The maximum atomic E-state index is 12.3. The molecule has 27 heterocycles. The number of aliphatic carboxylic acids is 8. The van der Waals surface area contributed by atoms with Gasteiger partial charge in [-0.3, -0.25) is 38.4 Å². The van der Waals surface area contributed by atoms with Crippen LogP contribution in [0.1, 0.15) is 70.6 Å². The van der Waals surface area contributed by atoms with Crippen molar-refractivity contribution >= 4 is 142 Å². The molecule has 27 saturated heterocycles. The van der Waals surface area contributed by atoms with E-state index in [9.17, 15) is 161 Å². The number of rotatable bonds is 40. The minimum absolute atomic E-state index is 0.00515. The summed E-state index contributed by atoms with van der Waals surface area (Å²) in [7, 11) is 0. The van der Waals surface area contributed by atoms with Gasteiger partial charge in [0, 0.05) is 105 Å². The van der Waals surface area contributed by atoms with E-state index >= 15 is 0 Å². The van der Waals surface area contributed by atoms with Crippen LogP contribution in [0.5, 0.6) is 0 Å². The van der Waals surface area contributed by atoms with Crippen molar-refractivity contribution in [3.05, 3.63) is 0 Å². The summed E-state index contributed by atoms with van der Waals surface area (Å²) in [5.74, 6) is -14.1. The summed E-state index contributed by atoms with van der Waals surface area (Å²) < 4.78 is 100. The molecule has 0 aliphatic carbocycles. The van der Waals surface area contributed by atoms with Gasteiger partial charge in [0.05, 0.1) is 106 Å². The number of aliphatic hydroxyl groups excluding tert-OH is 16. The zero-order valence-corrected chi connectivity index (χ0v) is 77.2. The normalized spacial score (nSPS) is 41.0. The molecule has 16 bridgehead atoms. The van der Waals surface area contributed by atoms with Crippen molar-refractivity contribution in [1.82, 2.24) is 0 Å². The molecule has 56 heteroatoms. The molecule has 40 unspecified atom stereocenters. The zero-order valence-electron chi connectivity index (χ0n) is 70.7. The van der Waals surface area contributed by atoms with Gasteiger partial charge in [0.2, 0.25) is 0 Å². The average molecular weight is 2060 g/mol. The Hall–Kier alpha value is -2.72. The highest BCUT2D eigenvalue weighted by Gasteiger charge is 2.60. The molecule has 40 atom stereocenters. The Labute approximate surface area is 788 Å². The first-order chi connectivity index (χ1) is 62.7. The Balaban J connectivity index is 1.08. The number of thioether (sulfide) groups is 8.